The van der Waals surface area contributed by atoms with Crippen molar-refractivity contribution in [2.24, 2.45) is 21.8 Å². The van der Waals surface area contributed by atoms with E-state index in [9.17, 15) is 24.9 Å². The highest BCUT2D eigenvalue weighted by Gasteiger charge is 2.51. The topological polar surface area (TPSA) is 172 Å². The largest absolute Gasteiger partial charge is 0.443 e. The number of aliphatic hydroxyl groups is 3. The Morgan fingerprint density at radius 2 is 1.25 bits per heavy atom. The van der Waals surface area contributed by atoms with Crippen LogP contribution in [0.2, 0.25) is 0 Å². The van der Waals surface area contributed by atoms with E-state index in [4.69, 9.17) is 28.7 Å². The maximum absolute atomic E-state index is 12.6. The van der Waals surface area contributed by atoms with E-state index < -0.39 is 59.3 Å². The van der Waals surface area contributed by atoms with Gasteiger partial charge in [0.1, 0.15) is 34.2 Å². The summed E-state index contributed by atoms with van der Waals surface area (Å²) >= 11 is 2.67. The van der Waals surface area contributed by atoms with Gasteiger partial charge < -0.3 is 39.0 Å². The molecule has 2 fully saturated rings. The van der Waals surface area contributed by atoms with Crippen molar-refractivity contribution in [2.75, 3.05) is 19.7 Å². The third kappa shape index (κ3) is 11.1. The van der Waals surface area contributed by atoms with Crippen molar-refractivity contribution in [3.05, 3.63) is 12.7 Å². The number of ether oxygens (including phenoxy) is 5. The minimum Gasteiger partial charge on any atom is -0.443 e. The number of thioether (sulfide) groups is 2. The van der Waals surface area contributed by atoms with Crippen molar-refractivity contribution >= 4 is 46.0 Å². The third-order valence-corrected chi connectivity index (χ3v) is 10.9. The van der Waals surface area contributed by atoms with E-state index in [1.807, 2.05) is 69.2 Å². The lowest BCUT2D eigenvalue weighted by Crippen LogP contribution is -2.54. The molecule has 2 amide bonds. The van der Waals surface area contributed by atoms with Crippen LogP contribution in [-0.2, 0) is 23.7 Å². The van der Waals surface area contributed by atoms with Gasteiger partial charge in [-0.2, -0.15) is 0 Å². The number of hydrogen-bond acceptors (Lipinski definition) is 14. The molecule has 0 bridgehead atoms. The van der Waals surface area contributed by atoms with Crippen LogP contribution >= 0.6 is 23.5 Å². The summed E-state index contributed by atoms with van der Waals surface area (Å²) in [7, 11) is 0. The highest BCUT2D eigenvalue weighted by atomic mass is 32.2. The van der Waals surface area contributed by atoms with E-state index in [0.29, 0.717) is 30.0 Å². The molecule has 292 valence electrons. The number of amides is 2. The Balaban J connectivity index is 0.000000277. The molecule has 0 aromatic rings. The van der Waals surface area contributed by atoms with Gasteiger partial charge in [-0.1, -0.05) is 43.4 Å². The van der Waals surface area contributed by atoms with Gasteiger partial charge in [0, 0.05) is 24.9 Å². The Morgan fingerprint density at radius 3 is 1.65 bits per heavy atom. The minimum absolute atomic E-state index is 0.0495. The maximum Gasteiger partial charge on any atom is 0.416 e. The number of fused-ring (bicyclic) bond motifs is 2. The Labute approximate surface area is 311 Å². The van der Waals surface area contributed by atoms with Crippen molar-refractivity contribution < 1.29 is 48.6 Å². The summed E-state index contributed by atoms with van der Waals surface area (Å²) in [4.78, 5) is 37.1. The van der Waals surface area contributed by atoms with Crippen LogP contribution in [0.1, 0.15) is 83.1 Å². The molecule has 12 atom stereocenters. The molecule has 1 unspecified atom stereocenters. The lowest BCUT2D eigenvalue weighted by atomic mass is 9.87. The summed E-state index contributed by atoms with van der Waals surface area (Å²) in [6, 6.07) is -0.710. The van der Waals surface area contributed by atoms with E-state index in [-0.39, 0.29) is 35.5 Å². The number of aliphatic hydroxyl groups excluding tert-OH is 3. The monoisotopic (exact) mass is 760 g/mol. The van der Waals surface area contributed by atoms with Crippen LogP contribution in [0, 0.1) is 11.8 Å². The molecule has 4 aliphatic rings. The predicted molar refractivity (Wildman–Crippen MR) is 200 cm³/mol. The Morgan fingerprint density at radius 1 is 0.843 bits per heavy atom. The molecule has 3 N–H and O–H groups in total. The number of hydrogen-bond donors (Lipinski definition) is 3. The zero-order chi connectivity index (χ0) is 38.6. The molecule has 4 heterocycles. The molecule has 14 nitrogen and oxygen atoms in total. The Bertz CT molecular complexity index is 1270. The van der Waals surface area contributed by atoms with Crippen LogP contribution in [0.25, 0.3) is 0 Å². The average molecular weight is 761 g/mol. The van der Waals surface area contributed by atoms with Crippen molar-refractivity contribution in [2.45, 2.75) is 154 Å². The first kappa shape index (κ1) is 43.5. The standard InChI is InChI=1S/C19H32N2O5S.C16H28N2O5S/c1-8-10-24-15-11(3)14(12(4)22)25-16-13(15)20-17(27-16)21(9-2)18(23)26-19(5,6)7;1-7-18(15(21)23-16(4,5)6)14-17-10-11(20)8(2)12(9(3)19)22-13(10)24-14/h8,11-16,22H,1,9-10H2,2-7H3;8-13,19-20H,7H2,1-6H3/t11-,12?,13-,14+,15+,16-;8-,9-,10+,11-,12-,13+/m10/s1. The van der Waals surface area contributed by atoms with Crippen molar-refractivity contribution in [1.29, 1.82) is 0 Å². The van der Waals surface area contributed by atoms with Crippen molar-refractivity contribution in [3.63, 3.8) is 0 Å². The Hall–Kier alpha value is -1.92. The maximum atomic E-state index is 12.6. The number of aliphatic imine (C=N–C) groups is 2. The van der Waals surface area contributed by atoms with Gasteiger partial charge >= 0.3 is 12.2 Å². The molecular weight excluding hydrogens is 701 g/mol. The zero-order valence-electron chi connectivity index (χ0n) is 32.1. The van der Waals surface area contributed by atoms with Crippen molar-refractivity contribution in [1.82, 2.24) is 9.80 Å². The van der Waals surface area contributed by atoms with Crippen molar-refractivity contribution in [3.8, 4) is 0 Å². The molecule has 2 saturated heterocycles. The van der Waals surface area contributed by atoms with E-state index in [1.54, 1.807) is 19.9 Å². The van der Waals surface area contributed by atoms with Crippen LogP contribution in [0.15, 0.2) is 22.6 Å². The molecule has 4 rings (SSSR count). The number of amidine groups is 2. The van der Waals surface area contributed by atoms with Gasteiger partial charge in [-0.3, -0.25) is 19.8 Å². The van der Waals surface area contributed by atoms with E-state index >= 15 is 0 Å². The smallest absolute Gasteiger partial charge is 0.416 e. The highest BCUT2D eigenvalue weighted by molar-refractivity contribution is 8.14. The molecule has 0 radical (unpaired) electrons. The second-order valence-electron chi connectivity index (χ2n) is 15.2. The fraction of sp³-hybridized carbons (Fsp3) is 0.829. The van der Waals surface area contributed by atoms with Crippen LogP contribution in [-0.4, -0.2) is 138 Å². The summed E-state index contributed by atoms with van der Waals surface area (Å²) in [6.45, 7) is 26.8. The Kier molecular flexibility index (Phi) is 15.3. The molecule has 0 spiro atoms. The average Bonchev–Trinajstić information content (AvgIpc) is 3.62. The second kappa shape index (κ2) is 17.9. The van der Waals surface area contributed by atoms with Gasteiger partial charge in [0.05, 0.1) is 43.2 Å². The number of carbonyl (C=O) groups is 2. The quantitative estimate of drug-likeness (QED) is 0.302. The number of rotatable bonds is 7. The van der Waals surface area contributed by atoms with Crippen LogP contribution in [0.5, 0.6) is 0 Å². The van der Waals surface area contributed by atoms with E-state index in [2.05, 4.69) is 11.6 Å². The zero-order valence-corrected chi connectivity index (χ0v) is 33.8. The van der Waals surface area contributed by atoms with Crippen LogP contribution < -0.4 is 0 Å². The van der Waals surface area contributed by atoms with E-state index in [1.165, 1.54) is 33.3 Å². The normalized spacial score (nSPS) is 32.9. The summed E-state index contributed by atoms with van der Waals surface area (Å²) in [5, 5.41) is 31.5. The van der Waals surface area contributed by atoms with E-state index in [0.717, 1.165) is 0 Å². The van der Waals surface area contributed by atoms with Crippen LogP contribution in [0.4, 0.5) is 9.59 Å². The van der Waals surface area contributed by atoms with Gasteiger partial charge in [-0.15, -0.1) is 6.58 Å². The van der Waals surface area contributed by atoms with Gasteiger partial charge in [0.15, 0.2) is 10.3 Å². The van der Waals surface area contributed by atoms with Gasteiger partial charge in [0.2, 0.25) is 0 Å². The second-order valence-corrected chi connectivity index (χ2v) is 17.3. The summed E-state index contributed by atoms with van der Waals surface area (Å²) in [6.07, 6.45) is -2.31. The SMILES string of the molecule is C=CCO[C@H]1[C@H](C)[C@@H](C(C)O)O[C@@H]2SC(N(CC)C(=O)OC(C)(C)C)=N[C@H]12.CCN(C(=O)OC(C)(C)C)C1=N[C@@H]2[C@@H](O)[C@H](C)[C@@H]([C@H](C)O)O[C@@H]2S1. The minimum atomic E-state index is -0.731. The fourth-order valence-electron chi connectivity index (χ4n) is 6.15. The first-order chi connectivity index (χ1) is 23.6. The van der Waals surface area contributed by atoms with Gasteiger partial charge in [0.25, 0.3) is 0 Å². The molecule has 4 aliphatic heterocycles. The van der Waals surface area contributed by atoms with Crippen LogP contribution in [0.3, 0.4) is 0 Å². The third-order valence-electron chi connectivity index (χ3n) is 8.56. The molecule has 16 heteroatoms. The lowest BCUT2D eigenvalue weighted by Gasteiger charge is -2.42. The number of carbonyl (C=O) groups excluding carboxylic acids is 2. The molecule has 51 heavy (non-hydrogen) atoms. The molecular formula is C35H60N4O10S2. The summed E-state index contributed by atoms with van der Waals surface area (Å²) in [5.41, 5.74) is -1.91. The summed E-state index contributed by atoms with van der Waals surface area (Å²) < 4.78 is 28.9. The fourth-order valence-corrected chi connectivity index (χ4v) is 8.68. The number of nitrogens with zero attached hydrogens (tertiary/aromatic N) is 4. The molecule has 0 aromatic heterocycles. The molecule has 0 saturated carbocycles. The lowest BCUT2D eigenvalue weighted by molar-refractivity contribution is -0.158. The highest BCUT2D eigenvalue weighted by Crippen LogP contribution is 2.42. The van der Waals surface area contributed by atoms with Gasteiger partial charge in [-0.05, 0) is 69.2 Å². The molecule has 0 aromatic carbocycles. The van der Waals surface area contributed by atoms with Gasteiger partial charge in [-0.25, -0.2) is 9.59 Å². The first-order valence-electron chi connectivity index (χ1n) is 17.7. The first-order valence-corrected chi connectivity index (χ1v) is 19.5. The summed E-state index contributed by atoms with van der Waals surface area (Å²) in [5.74, 6) is -0.293. The predicted octanol–water partition coefficient (Wildman–Crippen LogP) is 4.85. The molecule has 0 aliphatic carbocycles.